The number of benzene rings is 1. The third kappa shape index (κ3) is 3.69. The first-order valence-corrected chi connectivity index (χ1v) is 7.68. The van der Waals surface area contributed by atoms with Crippen LogP contribution in [0, 0.1) is 17.7 Å². The van der Waals surface area contributed by atoms with E-state index in [0.29, 0.717) is 12.2 Å². The zero-order valence-electron chi connectivity index (χ0n) is 10.2. The van der Waals surface area contributed by atoms with Crippen LogP contribution in [-0.4, -0.2) is 32.6 Å². The second kappa shape index (κ2) is 5.59. The van der Waals surface area contributed by atoms with E-state index in [9.17, 15) is 12.8 Å². The maximum Gasteiger partial charge on any atom is 0.154 e. The number of nitrogens with two attached hydrogens (primary N) is 1. The van der Waals surface area contributed by atoms with Crippen LogP contribution in [0.25, 0.3) is 0 Å². The molecule has 4 nitrogen and oxygen atoms in total. The van der Waals surface area contributed by atoms with Gasteiger partial charge in [-0.25, -0.2) is 12.8 Å². The van der Waals surface area contributed by atoms with Gasteiger partial charge >= 0.3 is 0 Å². The van der Waals surface area contributed by atoms with Crippen LogP contribution >= 0.6 is 0 Å². The summed E-state index contributed by atoms with van der Waals surface area (Å²) >= 11 is 0. The molecule has 102 valence electrons. The lowest BCUT2D eigenvalue weighted by Crippen LogP contribution is -2.17. The molecule has 0 aliphatic carbocycles. The molecule has 1 atom stereocenters. The summed E-state index contributed by atoms with van der Waals surface area (Å²) < 4.78 is 41.7. The van der Waals surface area contributed by atoms with E-state index in [4.69, 9.17) is 10.5 Å². The lowest BCUT2D eigenvalue weighted by atomic mass is 10.2. The molecule has 1 aromatic carbocycles. The largest absolute Gasteiger partial charge is 0.489 e. The van der Waals surface area contributed by atoms with Crippen LogP contribution in [0.3, 0.4) is 0 Å². The van der Waals surface area contributed by atoms with E-state index in [0.717, 1.165) is 0 Å². The van der Waals surface area contributed by atoms with E-state index >= 15 is 0 Å². The molecule has 1 aliphatic rings. The van der Waals surface area contributed by atoms with E-state index in [-0.39, 0.29) is 23.6 Å². The van der Waals surface area contributed by atoms with E-state index in [1.54, 1.807) is 6.07 Å². The van der Waals surface area contributed by atoms with Gasteiger partial charge in [0.2, 0.25) is 0 Å². The Labute approximate surface area is 111 Å². The Kier molecular flexibility index (Phi) is 4.08. The first kappa shape index (κ1) is 13.8. The van der Waals surface area contributed by atoms with Crippen LogP contribution in [0.2, 0.25) is 0 Å². The molecule has 0 saturated carbocycles. The fourth-order valence-electron chi connectivity index (χ4n) is 1.86. The Bertz CT molecular complexity index is 631. The van der Waals surface area contributed by atoms with Crippen molar-refractivity contribution in [2.24, 2.45) is 5.73 Å². The Hall–Kier alpha value is -1.58. The summed E-state index contributed by atoms with van der Waals surface area (Å²) in [4.78, 5) is 0. The van der Waals surface area contributed by atoms with E-state index < -0.39 is 21.8 Å². The van der Waals surface area contributed by atoms with Crippen molar-refractivity contribution in [3.63, 3.8) is 0 Å². The predicted octanol–water partition coefficient (Wildman–Crippen LogP) is 0.702. The van der Waals surface area contributed by atoms with Crippen molar-refractivity contribution in [2.75, 3.05) is 18.1 Å². The van der Waals surface area contributed by atoms with Gasteiger partial charge in [-0.2, -0.15) is 0 Å². The van der Waals surface area contributed by atoms with Gasteiger partial charge in [0.15, 0.2) is 9.84 Å². The quantitative estimate of drug-likeness (QED) is 0.811. The summed E-state index contributed by atoms with van der Waals surface area (Å²) in [5.74, 6) is 5.10. The minimum absolute atomic E-state index is 0.0106. The van der Waals surface area contributed by atoms with Crippen molar-refractivity contribution in [3.05, 3.63) is 29.6 Å². The highest BCUT2D eigenvalue weighted by Gasteiger charge is 2.29. The molecule has 0 bridgehead atoms. The summed E-state index contributed by atoms with van der Waals surface area (Å²) in [6, 6.07) is 4.29. The topological polar surface area (TPSA) is 69.4 Å². The standard InChI is InChI=1S/C13H14FNO3S/c14-13-8-11(4-3-10(13)2-1-6-15)18-12-5-7-19(16,17)9-12/h3-4,8,12H,5-7,9,15H2. The zero-order chi connectivity index (χ0) is 13.9. The number of hydrogen-bond acceptors (Lipinski definition) is 4. The molecule has 0 spiro atoms. The molecule has 19 heavy (non-hydrogen) atoms. The molecular weight excluding hydrogens is 269 g/mol. The molecule has 2 N–H and O–H groups in total. The predicted molar refractivity (Wildman–Crippen MR) is 70.0 cm³/mol. The number of hydrogen-bond donors (Lipinski definition) is 1. The van der Waals surface area contributed by atoms with Gasteiger partial charge in [-0.3, -0.25) is 0 Å². The minimum Gasteiger partial charge on any atom is -0.489 e. The number of halogens is 1. The average molecular weight is 283 g/mol. The number of sulfone groups is 1. The van der Waals surface area contributed by atoms with Crippen molar-refractivity contribution < 1.29 is 17.5 Å². The van der Waals surface area contributed by atoms with Crippen LogP contribution in [0.4, 0.5) is 4.39 Å². The Morgan fingerprint density at radius 1 is 1.47 bits per heavy atom. The maximum absolute atomic E-state index is 13.7. The lowest BCUT2D eigenvalue weighted by molar-refractivity contribution is 0.228. The van der Waals surface area contributed by atoms with Gasteiger partial charge in [-0.15, -0.1) is 0 Å². The van der Waals surface area contributed by atoms with Crippen LogP contribution in [0.5, 0.6) is 5.75 Å². The van der Waals surface area contributed by atoms with E-state index in [2.05, 4.69) is 11.8 Å². The van der Waals surface area contributed by atoms with Crippen LogP contribution < -0.4 is 10.5 Å². The summed E-state index contributed by atoms with van der Waals surface area (Å²) in [6.45, 7) is 0.164. The minimum atomic E-state index is -3.00. The highest BCUT2D eigenvalue weighted by Crippen LogP contribution is 2.21. The van der Waals surface area contributed by atoms with Gasteiger partial charge in [-0.1, -0.05) is 11.8 Å². The molecular formula is C13H14FNO3S. The zero-order valence-corrected chi connectivity index (χ0v) is 11.0. The summed E-state index contributed by atoms with van der Waals surface area (Å²) in [5.41, 5.74) is 5.46. The SMILES string of the molecule is NCC#Cc1ccc(OC2CCS(=O)(=O)C2)cc1F. The first-order valence-electron chi connectivity index (χ1n) is 5.86. The fraction of sp³-hybridized carbons (Fsp3) is 0.385. The van der Waals surface area contributed by atoms with Gasteiger partial charge in [0, 0.05) is 6.07 Å². The second-order valence-corrected chi connectivity index (χ2v) is 6.52. The smallest absolute Gasteiger partial charge is 0.154 e. The van der Waals surface area contributed by atoms with Gasteiger partial charge in [0.1, 0.15) is 17.7 Å². The monoisotopic (exact) mass is 283 g/mol. The van der Waals surface area contributed by atoms with Gasteiger partial charge in [0.25, 0.3) is 0 Å². The molecule has 1 aromatic rings. The van der Waals surface area contributed by atoms with E-state index in [1.807, 2.05) is 0 Å². The fourth-order valence-corrected chi connectivity index (χ4v) is 3.45. The van der Waals surface area contributed by atoms with Crippen molar-refractivity contribution in [2.45, 2.75) is 12.5 Å². The van der Waals surface area contributed by atoms with Crippen molar-refractivity contribution in [3.8, 4) is 17.6 Å². The third-order valence-corrected chi connectivity index (χ3v) is 4.50. The summed E-state index contributed by atoms with van der Waals surface area (Å²) in [6.07, 6.45) is 0.0453. The van der Waals surface area contributed by atoms with Gasteiger partial charge in [-0.05, 0) is 18.6 Å². The molecule has 0 amide bonds. The number of ether oxygens (including phenoxy) is 1. The number of rotatable bonds is 2. The van der Waals surface area contributed by atoms with Crippen LogP contribution in [0.1, 0.15) is 12.0 Å². The van der Waals surface area contributed by atoms with Crippen LogP contribution in [0.15, 0.2) is 18.2 Å². The highest BCUT2D eigenvalue weighted by atomic mass is 32.2. The van der Waals surface area contributed by atoms with Crippen molar-refractivity contribution >= 4 is 9.84 Å². The third-order valence-electron chi connectivity index (χ3n) is 2.76. The molecule has 1 unspecified atom stereocenters. The Balaban J connectivity index is 2.09. The molecule has 1 aliphatic heterocycles. The maximum atomic E-state index is 13.7. The molecule has 1 saturated heterocycles. The van der Waals surface area contributed by atoms with Gasteiger partial charge in [0.05, 0.1) is 23.6 Å². The molecule has 0 radical (unpaired) electrons. The highest BCUT2D eigenvalue weighted by molar-refractivity contribution is 7.91. The molecule has 2 rings (SSSR count). The van der Waals surface area contributed by atoms with Gasteiger partial charge < -0.3 is 10.5 Å². The average Bonchev–Trinajstić information content (AvgIpc) is 2.68. The molecule has 1 heterocycles. The summed E-state index contributed by atoms with van der Waals surface area (Å²) in [5, 5.41) is 0. The summed E-state index contributed by atoms with van der Waals surface area (Å²) in [7, 11) is -3.00. The molecule has 0 aromatic heterocycles. The molecule has 6 heteroatoms. The first-order chi connectivity index (χ1) is 9.00. The normalized spacial score (nSPS) is 20.6. The Morgan fingerprint density at radius 3 is 2.84 bits per heavy atom. The van der Waals surface area contributed by atoms with Crippen molar-refractivity contribution in [1.29, 1.82) is 0 Å². The van der Waals surface area contributed by atoms with Crippen LogP contribution in [-0.2, 0) is 9.84 Å². The Morgan fingerprint density at radius 2 is 2.26 bits per heavy atom. The second-order valence-electron chi connectivity index (χ2n) is 4.29. The van der Waals surface area contributed by atoms with Crippen molar-refractivity contribution in [1.82, 2.24) is 0 Å². The lowest BCUT2D eigenvalue weighted by Gasteiger charge is -2.12. The molecule has 1 fully saturated rings. The van der Waals surface area contributed by atoms with E-state index in [1.165, 1.54) is 12.1 Å².